The van der Waals surface area contributed by atoms with Crippen LogP contribution < -0.4 is 0 Å². The highest BCUT2D eigenvalue weighted by Gasteiger charge is 2.36. The number of aliphatic hydroxyl groups is 1. The van der Waals surface area contributed by atoms with Gasteiger partial charge in [0.2, 0.25) is 0 Å². The van der Waals surface area contributed by atoms with Gasteiger partial charge in [0.15, 0.2) is 0 Å². The summed E-state index contributed by atoms with van der Waals surface area (Å²) >= 11 is 0. The Bertz CT molecular complexity index is 605. The molecule has 0 aliphatic carbocycles. The van der Waals surface area contributed by atoms with Gasteiger partial charge in [0.25, 0.3) is 0 Å². The molecule has 2 N–H and O–H groups in total. The molecular formula is C26H46O2. The summed E-state index contributed by atoms with van der Waals surface area (Å²) in [5.74, 6) is 0.413. The SMILES string of the molecule is CCCC(O)c1cc(C(C)(C)CC(C)(C)C)c(O)c(C(C)(C)CC(C)(C)C)c1. The zero-order chi connectivity index (χ0) is 22.1. The molecular weight excluding hydrogens is 344 g/mol. The standard InChI is InChI=1S/C26H46O2/c1-12-13-21(27)18-14-19(25(8,9)16-23(2,3)4)22(28)20(15-18)26(10,11)17-24(5,6)7/h14-15,21,27-28H,12-13,16-17H2,1-11H3. The number of benzene rings is 1. The summed E-state index contributed by atoms with van der Waals surface area (Å²) in [5.41, 5.74) is 2.80. The fourth-order valence-corrected chi connectivity index (χ4v) is 5.16. The van der Waals surface area contributed by atoms with E-state index in [9.17, 15) is 10.2 Å². The minimum Gasteiger partial charge on any atom is -0.507 e. The van der Waals surface area contributed by atoms with Gasteiger partial charge in [-0.05, 0) is 58.6 Å². The van der Waals surface area contributed by atoms with Gasteiger partial charge in [0, 0.05) is 11.1 Å². The summed E-state index contributed by atoms with van der Waals surface area (Å²) in [6, 6.07) is 4.11. The van der Waals surface area contributed by atoms with Gasteiger partial charge in [-0.25, -0.2) is 0 Å². The van der Waals surface area contributed by atoms with Crippen molar-refractivity contribution in [1.29, 1.82) is 0 Å². The first-order valence-corrected chi connectivity index (χ1v) is 11.0. The van der Waals surface area contributed by atoms with Gasteiger partial charge in [0.05, 0.1) is 6.10 Å². The molecule has 0 aromatic heterocycles. The maximum Gasteiger partial charge on any atom is 0.123 e. The molecule has 0 aliphatic heterocycles. The minimum absolute atomic E-state index is 0.148. The predicted octanol–water partition coefficient (Wildman–Crippen LogP) is 7.65. The second-order valence-corrected chi connectivity index (χ2v) is 12.5. The Hall–Kier alpha value is -1.02. The first kappa shape index (κ1) is 25.0. The van der Waals surface area contributed by atoms with Gasteiger partial charge >= 0.3 is 0 Å². The smallest absolute Gasteiger partial charge is 0.123 e. The van der Waals surface area contributed by atoms with Gasteiger partial charge in [-0.3, -0.25) is 0 Å². The van der Waals surface area contributed by atoms with Gasteiger partial charge in [-0.1, -0.05) is 82.6 Å². The first-order valence-electron chi connectivity index (χ1n) is 11.0. The fraction of sp³-hybridized carbons (Fsp3) is 0.769. The summed E-state index contributed by atoms with van der Waals surface area (Å²) in [6.45, 7) is 24.4. The number of hydrogen-bond donors (Lipinski definition) is 2. The molecule has 0 radical (unpaired) electrons. The number of hydrogen-bond acceptors (Lipinski definition) is 2. The van der Waals surface area contributed by atoms with E-state index in [1.807, 2.05) is 0 Å². The summed E-state index contributed by atoms with van der Waals surface area (Å²) in [7, 11) is 0. The average molecular weight is 391 g/mol. The molecule has 0 spiro atoms. The maximum absolute atomic E-state index is 11.4. The molecule has 2 heteroatoms. The van der Waals surface area contributed by atoms with E-state index >= 15 is 0 Å². The zero-order valence-corrected chi connectivity index (χ0v) is 20.5. The molecule has 0 heterocycles. The van der Waals surface area contributed by atoms with Crippen molar-refractivity contribution in [2.24, 2.45) is 10.8 Å². The Morgan fingerprint density at radius 1 is 0.750 bits per heavy atom. The van der Waals surface area contributed by atoms with Crippen LogP contribution in [0.3, 0.4) is 0 Å². The molecule has 0 fully saturated rings. The summed E-state index contributed by atoms with van der Waals surface area (Å²) in [6.07, 6.45) is 3.10. The van der Waals surface area contributed by atoms with Crippen LogP contribution in [0.2, 0.25) is 0 Å². The molecule has 0 saturated heterocycles. The molecule has 0 saturated carbocycles. The van der Waals surface area contributed by atoms with Crippen molar-refractivity contribution in [1.82, 2.24) is 0 Å². The zero-order valence-electron chi connectivity index (χ0n) is 20.5. The Kier molecular flexibility index (Phi) is 7.49. The van der Waals surface area contributed by atoms with E-state index < -0.39 is 6.10 Å². The van der Waals surface area contributed by atoms with Gasteiger partial charge in [-0.2, -0.15) is 0 Å². The lowest BCUT2D eigenvalue weighted by molar-refractivity contribution is 0.165. The largest absolute Gasteiger partial charge is 0.507 e. The summed E-state index contributed by atoms with van der Waals surface area (Å²) < 4.78 is 0. The average Bonchev–Trinajstić information content (AvgIpc) is 2.41. The molecule has 1 rings (SSSR count). The van der Waals surface area contributed by atoms with Crippen molar-refractivity contribution in [2.75, 3.05) is 0 Å². The minimum atomic E-state index is -0.487. The second-order valence-electron chi connectivity index (χ2n) is 12.5. The van der Waals surface area contributed by atoms with Crippen LogP contribution in [0, 0.1) is 10.8 Å². The number of phenolic OH excluding ortho intramolecular Hbond substituents is 1. The normalized spacial score (nSPS) is 15.0. The van der Waals surface area contributed by atoms with Crippen molar-refractivity contribution in [3.05, 3.63) is 28.8 Å². The predicted molar refractivity (Wildman–Crippen MR) is 122 cm³/mol. The molecule has 0 aliphatic rings. The second kappa shape index (κ2) is 8.38. The maximum atomic E-state index is 11.4. The van der Waals surface area contributed by atoms with Gasteiger partial charge in [0.1, 0.15) is 5.75 Å². The van der Waals surface area contributed by atoms with E-state index in [1.54, 1.807) is 0 Å². The van der Waals surface area contributed by atoms with Crippen molar-refractivity contribution in [2.45, 2.75) is 119 Å². The van der Waals surface area contributed by atoms with E-state index in [-0.39, 0.29) is 21.7 Å². The number of phenols is 1. The van der Waals surface area contributed by atoms with Crippen LogP contribution in [0.15, 0.2) is 12.1 Å². The van der Waals surface area contributed by atoms with Crippen molar-refractivity contribution in [3.8, 4) is 5.75 Å². The molecule has 1 atom stereocenters. The van der Waals surface area contributed by atoms with Gasteiger partial charge in [-0.15, -0.1) is 0 Å². The molecule has 0 bridgehead atoms. The van der Waals surface area contributed by atoms with Crippen LogP contribution in [0.25, 0.3) is 0 Å². The first-order chi connectivity index (χ1) is 12.4. The Labute approximate surface area is 174 Å². The number of aromatic hydroxyl groups is 1. The Morgan fingerprint density at radius 3 is 1.39 bits per heavy atom. The van der Waals surface area contributed by atoms with Crippen molar-refractivity contribution < 1.29 is 10.2 Å². The van der Waals surface area contributed by atoms with Crippen LogP contribution in [-0.4, -0.2) is 10.2 Å². The molecule has 1 unspecified atom stereocenters. The molecule has 1 aromatic carbocycles. The van der Waals surface area contributed by atoms with Crippen molar-refractivity contribution in [3.63, 3.8) is 0 Å². The topological polar surface area (TPSA) is 40.5 Å². The van der Waals surface area contributed by atoms with Crippen molar-refractivity contribution >= 4 is 0 Å². The molecule has 0 amide bonds. The highest BCUT2D eigenvalue weighted by atomic mass is 16.3. The summed E-state index contributed by atoms with van der Waals surface area (Å²) in [4.78, 5) is 0. The third-order valence-corrected chi connectivity index (χ3v) is 5.48. The third kappa shape index (κ3) is 6.79. The number of aliphatic hydroxyl groups excluding tert-OH is 1. The van der Waals surface area contributed by atoms with Crippen LogP contribution in [0.1, 0.15) is 125 Å². The monoisotopic (exact) mass is 390 g/mol. The lowest BCUT2D eigenvalue weighted by Crippen LogP contribution is -2.28. The van der Waals surface area contributed by atoms with Gasteiger partial charge < -0.3 is 10.2 Å². The lowest BCUT2D eigenvalue weighted by atomic mass is 9.67. The third-order valence-electron chi connectivity index (χ3n) is 5.48. The van der Waals surface area contributed by atoms with Crippen LogP contribution in [-0.2, 0) is 10.8 Å². The number of rotatable bonds is 7. The summed E-state index contributed by atoms with van der Waals surface area (Å²) in [5, 5.41) is 22.2. The molecule has 28 heavy (non-hydrogen) atoms. The molecule has 162 valence electrons. The quantitative estimate of drug-likeness (QED) is 0.502. The van der Waals surface area contributed by atoms with E-state index in [0.29, 0.717) is 5.75 Å². The highest BCUT2D eigenvalue weighted by molar-refractivity contribution is 5.51. The van der Waals surface area contributed by atoms with E-state index in [1.165, 1.54) is 0 Å². The molecule has 1 aromatic rings. The van der Waals surface area contributed by atoms with Crippen LogP contribution in [0.4, 0.5) is 0 Å². The Balaban J connectivity index is 3.66. The molecule has 2 nitrogen and oxygen atoms in total. The lowest BCUT2D eigenvalue weighted by Gasteiger charge is -2.38. The van der Waals surface area contributed by atoms with E-state index in [2.05, 4.69) is 88.3 Å². The van der Waals surface area contributed by atoms with E-state index in [4.69, 9.17) is 0 Å². The Morgan fingerprint density at radius 2 is 1.11 bits per heavy atom. The van der Waals surface area contributed by atoms with Crippen LogP contribution in [0.5, 0.6) is 5.75 Å². The van der Waals surface area contributed by atoms with Crippen LogP contribution >= 0.6 is 0 Å². The highest BCUT2D eigenvalue weighted by Crippen LogP contribution is 2.47. The van der Waals surface area contributed by atoms with E-state index in [0.717, 1.165) is 42.4 Å². The fourth-order valence-electron chi connectivity index (χ4n) is 5.16.